The average molecular weight is 429 g/mol. The highest BCUT2D eigenvalue weighted by atomic mass is 32.2. The van der Waals surface area contributed by atoms with E-state index in [0.717, 1.165) is 11.3 Å². The highest BCUT2D eigenvalue weighted by molar-refractivity contribution is 7.88. The van der Waals surface area contributed by atoms with E-state index in [9.17, 15) is 13.2 Å². The van der Waals surface area contributed by atoms with Crippen molar-refractivity contribution < 1.29 is 17.9 Å². The molecule has 0 radical (unpaired) electrons. The smallest absolute Gasteiger partial charge is 0.255 e. The molecule has 0 atom stereocenters. The highest BCUT2D eigenvalue weighted by Crippen LogP contribution is 2.24. The Hall–Kier alpha value is -2.91. The number of benzene rings is 1. The van der Waals surface area contributed by atoms with Crippen molar-refractivity contribution in [2.24, 2.45) is 0 Å². The Morgan fingerprint density at radius 2 is 1.90 bits per heavy atom. The Morgan fingerprint density at radius 3 is 2.67 bits per heavy atom. The van der Waals surface area contributed by atoms with E-state index in [1.807, 2.05) is 34.9 Å². The number of amides is 1. The number of hydrogen-bond donors (Lipinski definition) is 1. The molecule has 8 nitrogen and oxygen atoms in total. The number of nitrogens with one attached hydrogen (secondary N) is 1. The zero-order valence-electron chi connectivity index (χ0n) is 16.7. The first kappa shape index (κ1) is 20.4. The fraction of sp³-hybridized carbons (Fsp3) is 0.333. The second-order valence-corrected chi connectivity index (χ2v) is 9.32. The third-order valence-corrected chi connectivity index (χ3v) is 6.52. The highest BCUT2D eigenvalue weighted by Gasteiger charge is 2.26. The third-order valence-electron chi connectivity index (χ3n) is 5.22. The second-order valence-electron chi connectivity index (χ2n) is 7.34. The molecule has 4 rings (SSSR count). The summed E-state index contributed by atoms with van der Waals surface area (Å²) in [5.41, 5.74) is 2.16. The number of aromatic nitrogens is 2. The lowest BCUT2D eigenvalue weighted by atomic mass is 10.1. The molecular formula is C21H24N4O4S. The van der Waals surface area contributed by atoms with E-state index in [1.54, 1.807) is 24.4 Å². The lowest BCUT2D eigenvalue weighted by Gasteiger charge is -2.30. The second kappa shape index (κ2) is 8.45. The number of fused-ring (bicyclic) bond motifs is 1. The number of sulfonamides is 1. The van der Waals surface area contributed by atoms with Gasteiger partial charge in [0.25, 0.3) is 5.91 Å². The minimum atomic E-state index is -3.18. The number of piperidine rings is 1. The summed E-state index contributed by atoms with van der Waals surface area (Å²) in [5.74, 6) is 0.274. The zero-order valence-corrected chi connectivity index (χ0v) is 17.5. The van der Waals surface area contributed by atoms with Crippen LogP contribution in [0.1, 0.15) is 28.9 Å². The lowest BCUT2D eigenvalue weighted by molar-refractivity contribution is 0.0935. The van der Waals surface area contributed by atoms with Crippen LogP contribution in [-0.4, -0.2) is 53.5 Å². The summed E-state index contributed by atoms with van der Waals surface area (Å²) < 4.78 is 32.8. The van der Waals surface area contributed by atoms with Crippen molar-refractivity contribution in [3.8, 4) is 5.75 Å². The van der Waals surface area contributed by atoms with E-state index in [4.69, 9.17) is 4.74 Å². The van der Waals surface area contributed by atoms with Gasteiger partial charge >= 0.3 is 0 Å². The Bertz CT molecular complexity index is 1150. The summed E-state index contributed by atoms with van der Waals surface area (Å²) in [6.45, 7) is 1.18. The van der Waals surface area contributed by atoms with Crippen LogP contribution in [0.5, 0.6) is 5.75 Å². The molecule has 2 aromatic heterocycles. The van der Waals surface area contributed by atoms with Gasteiger partial charge in [0.05, 0.1) is 30.3 Å². The van der Waals surface area contributed by atoms with Crippen molar-refractivity contribution in [3.05, 3.63) is 66.1 Å². The largest absolute Gasteiger partial charge is 0.489 e. The summed E-state index contributed by atoms with van der Waals surface area (Å²) in [7, 11) is -3.18. The average Bonchev–Trinajstić information content (AvgIpc) is 3.15. The Kier molecular flexibility index (Phi) is 5.74. The van der Waals surface area contributed by atoms with E-state index < -0.39 is 10.0 Å². The van der Waals surface area contributed by atoms with Crippen LogP contribution in [0.25, 0.3) is 5.65 Å². The van der Waals surface area contributed by atoms with Gasteiger partial charge in [0.1, 0.15) is 17.5 Å². The first-order valence-electron chi connectivity index (χ1n) is 9.82. The van der Waals surface area contributed by atoms with Crippen LogP contribution in [0, 0.1) is 0 Å². The number of ether oxygens (including phenoxy) is 1. The molecule has 0 saturated carbocycles. The Balaban J connectivity index is 1.41. The maximum absolute atomic E-state index is 12.8. The van der Waals surface area contributed by atoms with Gasteiger partial charge in [0, 0.05) is 19.3 Å². The molecule has 1 fully saturated rings. The number of pyridine rings is 1. The number of para-hydroxylation sites is 1. The molecule has 9 heteroatoms. The molecule has 30 heavy (non-hydrogen) atoms. The van der Waals surface area contributed by atoms with Gasteiger partial charge in [0.2, 0.25) is 10.0 Å². The van der Waals surface area contributed by atoms with Crippen LogP contribution < -0.4 is 10.1 Å². The van der Waals surface area contributed by atoms with Crippen molar-refractivity contribution in [3.63, 3.8) is 0 Å². The normalized spacial score (nSPS) is 15.9. The van der Waals surface area contributed by atoms with Gasteiger partial charge in [-0.25, -0.2) is 17.7 Å². The van der Waals surface area contributed by atoms with E-state index >= 15 is 0 Å². The van der Waals surface area contributed by atoms with Crippen LogP contribution in [-0.2, 0) is 16.6 Å². The van der Waals surface area contributed by atoms with Crippen LogP contribution in [0.2, 0.25) is 0 Å². The molecular weight excluding hydrogens is 404 g/mol. The molecule has 0 aliphatic carbocycles. The van der Waals surface area contributed by atoms with Gasteiger partial charge in [-0.05, 0) is 37.1 Å². The number of nitrogens with zero attached hydrogens (tertiary/aromatic N) is 3. The molecule has 158 valence electrons. The zero-order chi connectivity index (χ0) is 21.1. The van der Waals surface area contributed by atoms with Crippen molar-refractivity contribution in [1.29, 1.82) is 0 Å². The minimum absolute atomic E-state index is 0.129. The molecule has 0 bridgehead atoms. The van der Waals surface area contributed by atoms with E-state index in [2.05, 4.69) is 10.3 Å². The SMILES string of the molecule is CS(=O)(=O)N1CCC(Oc2ccccc2C(=O)NCc2cnc3ccccn23)CC1. The topological polar surface area (TPSA) is 93.0 Å². The number of carbonyl (C=O) groups is 1. The molecule has 1 amide bonds. The number of carbonyl (C=O) groups excluding carboxylic acids is 1. The molecule has 3 aromatic rings. The lowest BCUT2D eigenvalue weighted by Crippen LogP contribution is -2.41. The quantitative estimate of drug-likeness (QED) is 0.649. The summed E-state index contributed by atoms with van der Waals surface area (Å²) in [6, 6.07) is 12.8. The van der Waals surface area contributed by atoms with Crippen molar-refractivity contribution >= 4 is 21.6 Å². The molecule has 1 N–H and O–H groups in total. The molecule has 1 aromatic carbocycles. The van der Waals surface area contributed by atoms with Gasteiger partial charge in [-0.15, -0.1) is 0 Å². The van der Waals surface area contributed by atoms with Crippen LogP contribution in [0.3, 0.4) is 0 Å². The van der Waals surface area contributed by atoms with E-state index in [0.29, 0.717) is 43.8 Å². The maximum Gasteiger partial charge on any atom is 0.255 e. The molecule has 0 spiro atoms. The number of hydrogen-bond acceptors (Lipinski definition) is 5. The van der Waals surface area contributed by atoms with Crippen molar-refractivity contribution in [1.82, 2.24) is 19.0 Å². The molecule has 1 saturated heterocycles. The summed E-state index contributed by atoms with van der Waals surface area (Å²) in [6.07, 6.45) is 5.92. The Morgan fingerprint density at radius 1 is 1.17 bits per heavy atom. The van der Waals surface area contributed by atoms with E-state index in [-0.39, 0.29) is 12.0 Å². The fourth-order valence-electron chi connectivity index (χ4n) is 3.60. The van der Waals surface area contributed by atoms with Crippen molar-refractivity contribution in [2.75, 3.05) is 19.3 Å². The standard InChI is InChI=1S/C21H24N4O4S/c1-30(27,28)24-12-9-17(10-13-24)29-19-7-3-2-6-18(19)21(26)23-15-16-14-22-20-8-4-5-11-25(16)20/h2-8,11,14,17H,9-10,12-13,15H2,1H3,(H,23,26). The van der Waals surface area contributed by atoms with Gasteiger partial charge in [-0.3, -0.25) is 4.79 Å². The van der Waals surface area contributed by atoms with E-state index in [1.165, 1.54) is 10.6 Å². The third kappa shape index (κ3) is 4.47. The molecule has 1 aliphatic heterocycles. The monoisotopic (exact) mass is 428 g/mol. The molecule has 1 aliphatic rings. The molecule has 3 heterocycles. The predicted octanol–water partition coefficient (Wildman–Crippen LogP) is 2.07. The number of imidazole rings is 1. The van der Waals surface area contributed by atoms with Gasteiger partial charge in [0.15, 0.2) is 0 Å². The van der Waals surface area contributed by atoms with Crippen LogP contribution in [0.4, 0.5) is 0 Å². The van der Waals surface area contributed by atoms with Crippen LogP contribution in [0.15, 0.2) is 54.9 Å². The predicted molar refractivity (Wildman–Crippen MR) is 113 cm³/mol. The first-order chi connectivity index (χ1) is 14.4. The van der Waals surface area contributed by atoms with Gasteiger partial charge < -0.3 is 14.5 Å². The van der Waals surface area contributed by atoms with Gasteiger partial charge in [-0.2, -0.15) is 0 Å². The molecule has 0 unspecified atom stereocenters. The van der Waals surface area contributed by atoms with Gasteiger partial charge in [-0.1, -0.05) is 18.2 Å². The fourth-order valence-corrected chi connectivity index (χ4v) is 4.47. The summed E-state index contributed by atoms with van der Waals surface area (Å²) >= 11 is 0. The summed E-state index contributed by atoms with van der Waals surface area (Å²) in [4.78, 5) is 17.1. The minimum Gasteiger partial charge on any atom is -0.489 e. The van der Waals surface area contributed by atoms with Crippen LogP contribution >= 0.6 is 0 Å². The van der Waals surface area contributed by atoms with Crippen molar-refractivity contribution in [2.45, 2.75) is 25.5 Å². The maximum atomic E-state index is 12.8. The Labute approximate surface area is 175 Å². The summed E-state index contributed by atoms with van der Waals surface area (Å²) in [5, 5.41) is 2.93. The first-order valence-corrected chi connectivity index (χ1v) is 11.7. The number of rotatable bonds is 6.